The minimum atomic E-state index is 0.0167. The molecular weight excluding hydrogens is 384 g/mol. The molecule has 0 saturated carbocycles. The van der Waals surface area contributed by atoms with Gasteiger partial charge in [0.25, 0.3) is 5.56 Å². The van der Waals surface area contributed by atoms with Crippen LogP contribution in [0.25, 0.3) is 5.57 Å². The first-order valence-corrected chi connectivity index (χ1v) is 10.7. The zero-order valence-electron chi connectivity index (χ0n) is 17.9. The number of nitrogens with zero attached hydrogens (tertiary/aromatic N) is 3. The van der Waals surface area contributed by atoms with E-state index in [0.717, 1.165) is 31.0 Å². The fourth-order valence-electron chi connectivity index (χ4n) is 3.84. The Morgan fingerprint density at radius 2 is 1.71 bits per heavy atom. The van der Waals surface area contributed by atoms with Gasteiger partial charge in [-0.1, -0.05) is 66.7 Å². The van der Waals surface area contributed by atoms with Crippen molar-refractivity contribution in [2.75, 3.05) is 20.1 Å². The number of pyridine rings is 1. The molecule has 0 saturated heterocycles. The van der Waals surface area contributed by atoms with E-state index in [2.05, 4.69) is 75.9 Å². The Hall–Kier alpha value is -3.60. The zero-order chi connectivity index (χ0) is 21.5. The molecule has 0 radical (unpaired) electrons. The highest BCUT2D eigenvalue weighted by Crippen LogP contribution is 2.22. The number of hydrogen-bond donors (Lipinski definition) is 1. The van der Waals surface area contributed by atoms with Crippen molar-refractivity contribution >= 4 is 11.5 Å². The molecule has 0 atom stereocenters. The quantitative estimate of drug-likeness (QED) is 0.513. The van der Waals surface area contributed by atoms with Crippen LogP contribution < -0.4 is 10.9 Å². The molecule has 3 aromatic rings. The van der Waals surface area contributed by atoms with Crippen molar-refractivity contribution in [3.8, 4) is 0 Å². The van der Waals surface area contributed by atoms with Gasteiger partial charge in [0.2, 0.25) is 0 Å². The third-order valence-corrected chi connectivity index (χ3v) is 5.59. The highest BCUT2D eigenvalue weighted by Gasteiger charge is 2.16. The summed E-state index contributed by atoms with van der Waals surface area (Å²) in [5, 5.41) is 3.48. The predicted octanol–water partition coefficient (Wildman–Crippen LogP) is 3.76. The standard InChI is InChI=1S/C26H28N4O/c1-27-26(29-17-14-24(15-18-29)23-7-3-2-4-8-23)28-19-21-10-12-22(13-11-21)20-30-16-6-5-9-25(30)31/h2-14,16H,15,17-20H2,1H3,(H,27,28). The summed E-state index contributed by atoms with van der Waals surface area (Å²) in [5.74, 6) is 0.920. The van der Waals surface area contributed by atoms with Gasteiger partial charge in [-0.2, -0.15) is 0 Å². The number of aliphatic imine (C=N–C) groups is 1. The Morgan fingerprint density at radius 1 is 0.968 bits per heavy atom. The van der Waals surface area contributed by atoms with Crippen molar-refractivity contribution in [1.82, 2.24) is 14.8 Å². The van der Waals surface area contributed by atoms with Crippen LogP contribution in [-0.4, -0.2) is 35.6 Å². The first-order valence-electron chi connectivity index (χ1n) is 10.7. The number of guanidine groups is 1. The molecule has 1 N–H and O–H groups in total. The molecule has 0 unspecified atom stereocenters. The van der Waals surface area contributed by atoms with E-state index >= 15 is 0 Å². The number of hydrogen-bond acceptors (Lipinski definition) is 2. The Bertz CT molecular complexity index is 1110. The molecule has 0 amide bonds. The molecule has 0 spiro atoms. The normalized spacial score (nSPS) is 14.3. The van der Waals surface area contributed by atoms with Crippen molar-refractivity contribution in [2.24, 2.45) is 4.99 Å². The molecule has 2 aromatic carbocycles. The van der Waals surface area contributed by atoms with Crippen molar-refractivity contribution < 1.29 is 0 Å². The molecule has 1 aliphatic heterocycles. The van der Waals surface area contributed by atoms with Gasteiger partial charge >= 0.3 is 0 Å². The highest BCUT2D eigenvalue weighted by molar-refractivity contribution is 5.81. The van der Waals surface area contributed by atoms with Crippen molar-refractivity contribution in [1.29, 1.82) is 0 Å². The van der Waals surface area contributed by atoms with Crippen LogP contribution in [-0.2, 0) is 13.1 Å². The van der Waals surface area contributed by atoms with E-state index < -0.39 is 0 Å². The van der Waals surface area contributed by atoms with E-state index in [1.807, 2.05) is 19.3 Å². The third-order valence-electron chi connectivity index (χ3n) is 5.59. The minimum absolute atomic E-state index is 0.0167. The summed E-state index contributed by atoms with van der Waals surface area (Å²) in [6.07, 6.45) is 5.13. The SMILES string of the molecule is CN=C(NCc1ccc(Cn2ccccc2=O)cc1)N1CC=C(c2ccccc2)CC1. The van der Waals surface area contributed by atoms with Crippen molar-refractivity contribution in [3.63, 3.8) is 0 Å². The van der Waals surface area contributed by atoms with E-state index in [0.29, 0.717) is 13.1 Å². The Labute approximate surface area is 183 Å². The highest BCUT2D eigenvalue weighted by atomic mass is 16.1. The summed E-state index contributed by atoms with van der Waals surface area (Å²) in [7, 11) is 1.83. The van der Waals surface area contributed by atoms with Gasteiger partial charge in [-0.3, -0.25) is 9.79 Å². The second-order valence-electron chi connectivity index (χ2n) is 7.68. The molecular formula is C26H28N4O. The molecule has 1 aromatic heterocycles. The van der Waals surface area contributed by atoms with Crippen LogP contribution in [0, 0.1) is 0 Å². The topological polar surface area (TPSA) is 49.6 Å². The number of aromatic nitrogens is 1. The molecule has 0 bridgehead atoms. The van der Waals surface area contributed by atoms with E-state index in [1.54, 1.807) is 16.7 Å². The van der Waals surface area contributed by atoms with Gasteiger partial charge in [-0.15, -0.1) is 0 Å². The average molecular weight is 413 g/mol. The Kier molecular flexibility index (Phi) is 6.62. The van der Waals surface area contributed by atoms with E-state index in [9.17, 15) is 4.79 Å². The maximum absolute atomic E-state index is 11.9. The van der Waals surface area contributed by atoms with E-state index in [1.165, 1.54) is 16.7 Å². The zero-order valence-corrected chi connectivity index (χ0v) is 17.9. The van der Waals surface area contributed by atoms with Gasteiger partial charge in [0.1, 0.15) is 0 Å². The van der Waals surface area contributed by atoms with Gasteiger partial charge in [0.05, 0.1) is 6.54 Å². The van der Waals surface area contributed by atoms with Gasteiger partial charge in [-0.25, -0.2) is 0 Å². The molecule has 1 aliphatic rings. The maximum Gasteiger partial charge on any atom is 0.250 e. The van der Waals surface area contributed by atoms with Crippen LogP contribution in [0.3, 0.4) is 0 Å². The van der Waals surface area contributed by atoms with Crippen LogP contribution in [0.4, 0.5) is 0 Å². The summed E-state index contributed by atoms with van der Waals surface area (Å²) >= 11 is 0. The lowest BCUT2D eigenvalue weighted by Crippen LogP contribution is -2.43. The first-order chi connectivity index (χ1) is 15.2. The number of benzene rings is 2. The predicted molar refractivity (Wildman–Crippen MR) is 127 cm³/mol. The second-order valence-corrected chi connectivity index (χ2v) is 7.68. The molecule has 158 valence electrons. The van der Waals surface area contributed by atoms with Gasteiger partial charge in [0, 0.05) is 38.9 Å². The van der Waals surface area contributed by atoms with Gasteiger partial charge in [0.15, 0.2) is 5.96 Å². The average Bonchev–Trinajstić information content (AvgIpc) is 2.83. The summed E-state index contributed by atoms with van der Waals surface area (Å²) in [4.78, 5) is 18.6. The van der Waals surface area contributed by atoms with Crippen LogP contribution in [0.1, 0.15) is 23.1 Å². The lowest BCUT2D eigenvalue weighted by molar-refractivity contribution is 0.440. The molecule has 2 heterocycles. The summed E-state index contributed by atoms with van der Waals surface area (Å²) in [5.41, 5.74) is 5.02. The third kappa shape index (κ3) is 5.31. The lowest BCUT2D eigenvalue weighted by Gasteiger charge is -2.29. The molecule has 0 aliphatic carbocycles. The van der Waals surface area contributed by atoms with Crippen LogP contribution in [0.5, 0.6) is 0 Å². The van der Waals surface area contributed by atoms with Gasteiger partial charge < -0.3 is 14.8 Å². The van der Waals surface area contributed by atoms with Crippen LogP contribution in [0.15, 0.2) is 94.9 Å². The summed E-state index contributed by atoms with van der Waals surface area (Å²) < 4.78 is 1.71. The molecule has 4 rings (SSSR count). The first kappa shape index (κ1) is 20.7. The summed E-state index contributed by atoms with van der Waals surface area (Å²) in [6.45, 7) is 3.10. The lowest BCUT2D eigenvalue weighted by atomic mass is 10.00. The molecule has 5 nitrogen and oxygen atoms in total. The minimum Gasteiger partial charge on any atom is -0.352 e. The van der Waals surface area contributed by atoms with Crippen LogP contribution >= 0.6 is 0 Å². The molecule has 0 fully saturated rings. The summed E-state index contributed by atoms with van der Waals surface area (Å²) in [6, 6.07) is 24.2. The number of rotatable bonds is 5. The van der Waals surface area contributed by atoms with Crippen LogP contribution in [0.2, 0.25) is 0 Å². The van der Waals surface area contributed by atoms with Crippen molar-refractivity contribution in [2.45, 2.75) is 19.5 Å². The Balaban J connectivity index is 1.32. The monoisotopic (exact) mass is 412 g/mol. The Morgan fingerprint density at radius 3 is 2.39 bits per heavy atom. The maximum atomic E-state index is 11.9. The van der Waals surface area contributed by atoms with E-state index in [-0.39, 0.29) is 5.56 Å². The largest absolute Gasteiger partial charge is 0.352 e. The smallest absolute Gasteiger partial charge is 0.250 e. The molecule has 5 heteroatoms. The fraction of sp³-hybridized carbons (Fsp3) is 0.231. The van der Waals surface area contributed by atoms with Gasteiger partial charge in [-0.05, 0) is 34.8 Å². The van der Waals surface area contributed by atoms with E-state index in [4.69, 9.17) is 0 Å². The fourth-order valence-corrected chi connectivity index (χ4v) is 3.84. The van der Waals surface area contributed by atoms with Crippen molar-refractivity contribution in [3.05, 3.63) is 112 Å². The molecule has 31 heavy (non-hydrogen) atoms. The second kappa shape index (κ2) is 9.94. The number of nitrogens with one attached hydrogen (secondary N) is 1.